The molecule has 1 N–H and O–H groups in total. The summed E-state index contributed by atoms with van der Waals surface area (Å²) in [7, 11) is 0. The number of nitrogens with one attached hydrogen (secondary N) is 1. The Bertz CT molecular complexity index is 1110. The third-order valence-electron chi connectivity index (χ3n) is 5.30. The van der Waals surface area contributed by atoms with E-state index < -0.39 is 11.6 Å². The monoisotopic (exact) mass is 394 g/mol. The van der Waals surface area contributed by atoms with Gasteiger partial charge in [0.25, 0.3) is 5.91 Å². The first kappa shape index (κ1) is 16.9. The van der Waals surface area contributed by atoms with Gasteiger partial charge < -0.3 is 9.84 Å². The van der Waals surface area contributed by atoms with Crippen molar-refractivity contribution in [3.63, 3.8) is 0 Å². The summed E-state index contributed by atoms with van der Waals surface area (Å²) in [6.07, 6.45) is 1.29. The van der Waals surface area contributed by atoms with E-state index in [0.29, 0.717) is 22.8 Å². The van der Waals surface area contributed by atoms with E-state index in [1.807, 2.05) is 30.3 Å². The number of benzene rings is 2. The first-order chi connectivity index (χ1) is 13.6. The molecule has 0 bridgehead atoms. The van der Waals surface area contributed by atoms with Crippen molar-refractivity contribution in [2.75, 3.05) is 0 Å². The summed E-state index contributed by atoms with van der Waals surface area (Å²) in [5.41, 5.74) is 1.56. The Balaban J connectivity index is 1.42. The maximum atomic E-state index is 13.2. The normalized spacial score (nSPS) is 20.7. The van der Waals surface area contributed by atoms with Gasteiger partial charge in [0.15, 0.2) is 0 Å². The molecule has 0 saturated carbocycles. The fraction of sp³-hybridized carbons (Fsp3) is 0.200. The SMILES string of the molecule is O=C1N[C@]2(CCc3ccccc32)C(=O)N1Cc1nc(-c2ccccc2Cl)no1. The van der Waals surface area contributed by atoms with Crippen LogP contribution in [0.4, 0.5) is 4.79 Å². The van der Waals surface area contributed by atoms with Crippen molar-refractivity contribution in [1.82, 2.24) is 20.4 Å². The average Bonchev–Trinajstić information content (AvgIpc) is 3.37. The van der Waals surface area contributed by atoms with Crippen molar-refractivity contribution in [3.8, 4) is 11.4 Å². The number of imide groups is 1. The number of nitrogens with zero attached hydrogens (tertiary/aromatic N) is 3. The topological polar surface area (TPSA) is 88.3 Å². The molecule has 0 unspecified atom stereocenters. The summed E-state index contributed by atoms with van der Waals surface area (Å²) in [6, 6.07) is 14.4. The standard InChI is InChI=1S/C20H15ClN4O3/c21-15-8-4-2-6-13(15)17-22-16(28-24-17)11-25-18(26)20(23-19(25)27)10-9-12-5-1-3-7-14(12)20/h1-8H,9-11H2,(H,23,27)/t20-/m0/s1. The van der Waals surface area contributed by atoms with Gasteiger partial charge in [-0.15, -0.1) is 0 Å². The van der Waals surface area contributed by atoms with Gasteiger partial charge in [-0.25, -0.2) is 4.79 Å². The van der Waals surface area contributed by atoms with E-state index in [-0.39, 0.29) is 18.3 Å². The number of hydrogen-bond donors (Lipinski definition) is 1. The quantitative estimate of drug-likeness (QED) is 0.688. The summed E-state index contributed by atoms with van der Waals surface area (Å²) in [6.45, 7) is -0.0912. The highest BCUT2D eigenvalue weighted by Crippen LogP contribution is 2.41. The Morgan fingerprint density at radius 3 is 2.79 bits per heavy atom. The fourth-order valence-corrected chi connectivity index (χ4v) is 4.16. The van der Waals surface area contributed by atoms with Crippen molar-refractivity contribution in [2.24, 2.45) is 0 Å². The number of aryl methyl sites for hydroxylation is 1. The van der Waals surface area contributed by atoms with Gasteiger partial charge in [0.05, 0.1) is 5.02 Å². The zero-order valence-electron chi connectivity index (χ0n) is 14.7. The van der Waals surface area contributed by atoms with Crippen LogP contribution in [0.2, 0.25) is 5.02 Å². The molecule has 1 spiro atoms. The molecular formula is C20H15ClN4O3. The Morgan fingerprint density at radius 1 is 1.14 bits per heavy atom. The van der Waals surface area contributed by atoms with Gasteiger partial charge in [0.1, 0.15) is 12.1 Å². The van der Waals surface area contributed by atoms with Gasteiger partial charge in [-0.2, -0.15) is 4.98 Å². The number of urea groups is 1. The number of carbonyl (C=O) groups excluding carboxylic acids is 2. The van der Waals surface area contributed by atoms with Gasteiger partial charge in [-0.3, -0.25) is 9.69 Å². The molecule has 2 aromatic carbocycles. The lowest BCUT2D eigenvalue weighted by Crippen LogP contribution is -2.41. The molecule has 1 atom stereocenters. The van der Waals surface area contributed by atoms with Gasteiger partial charge in [-0.05, 0) is 36.1 Å². The summed E-state index contributed by atoms with van der Waals surface area (Å²) < 4.78 is 5.26. The van der Waals surface area contributed by atoms with Gasteiger partial charge in [0.2, 0.25) is 11.7 Å². The average molecular weight is 395 g/mol. The molecule has 1 aliphatic carbocycles. The van der Waals surface area contributed by atoms with Crippen LogP contribution in [-0.2, 0) is 23.3 Å². The van der Waals surface area contributed by atoms with Crippen LogP contribution < -0.4 is 5.32 Å². The molecule has 1 fully saturated rings. The summed E-state index contributed by atoms with van der Waals surface area (Å²) >= 11 is 6.16. The maximum absolute atomic E-state index is 13.2. The van der Waals surface area contributed by atoms with Crippen LogP contribution in [0.25, 0.3) is 11.4 Å². The van der Waals surface area contributed by atoms with Crippen LogP contribution in [0, 0.1) is 0 Å². The van der Waals surface area contributed by atoms with Crippen molar-refractivity contribution >= 4 is 23.5 Å². The predicted octanol–water partition coefficient (Wildman–Crippen LogP) is 3.28. The van der Waals surface area contributed by atoms with E-state index in [2.05, 4.69) is 15.5 Å². The molecule has 2 aliphatic rings. The molecule has 3 amide bonds. The highest BCUT2D eigenvalue weighted by Gasteiger charge is 2.55. The number of amides is 3. The number of hydrogen-bond acceptors (Lipinski definition) is 5. The number of fused-ring (bicyclic) bond motifs is 2. The zero-order chi connectivity index (χ0) is 19.3. The van der Waals surface area contributed by atoms with E-state index in [1.165, 1.54) is 0 Å². The molecular weight excluding hydrogens is 380 g/mol. The zero-order valence-corrected chi connectivity index (χ0v) is 15.4. The van der Waals surface area contributed by atoms with Crippen LogP contribution in [-0.4, -0.2) is 27.0 Å². The fourth-order valence-electron chi connectivity index (χ4n) is 3.94. The highest BCUT2D eigenvalue weighted by atomic mass is 35.5. The molecule has 1 saturated heterocycles. The molecule has 8 heteroatoms. The Morgan fingerprint density at radius 2 is 1.93 bits per heavy atom. The lowest BCUT2D eigenvalue weighted by molar-refractivity contribution is -0.132. The van der Waals surface area contributed by atoms with Crippen LogP contribution in [0.3, 0.4) is 0 Å². The molecule has 7 nitrogen and oxygen atoms in total. The van der Waals surface area contributed by atoms with E-state index in [1.54, 1.807) is 18.2 Å². The van der Waals surface area contributed by atoms with E-state index in [0.717, 1.165) is 22.4 Å². The maximum Gasteiger partial charge on any atom is 0.325 e. The minimum atomic E-state index is -1.00. The van der Waals surface area contributed by atoms with Crippen molar-refractivity contribution in [2.45, 2.75) is 24.9 Å². The van der Waals surface area contributed by atoms with Crippen LogP contribution in [0.5, 0.6) is 0 Å². The predicted molar refractivity (Wildman–Crippen MR) is 100 cm³/mol. The summed E-state index contributed by atoms with van der Waals surface area (Å²) in [5, 5.41) is 7.30. The van der Waals surface area contributed by atoms with Crippen molar-refractivity contribution < 1.29 is 14.1 Å². The Labute approximate surface area is 165 Å². The molecule has 1 aliphatic heterocycles. The van der Waals surface area contributed by atoms with Crippen LogP contribution in [0.15, 0.2) is 53.1 Å². The Hall–Kier alpha value is -3.19. The number of rotatable bonds is 3. The molecule has 140 valence electrons. The third-order valence-corrected chi connectivity index (χ3v) is 5.63. The van der Waals surface area contributed by atoms with Crippen LogP contribution in [0.1, 0.15) is 23.4 Å². The summed E-state index contributed by atoms with van der Waals surface area (Å²) in [4.78, 5) is 31.2. The molecule has 0 radical (unpaired) electrons. The smallest absolute Gasteiger partial charge is 0.325 e. The highest BCUT2D eigenvalue weighted by molar-refractivity contribution is 6.33. The second-order valence-electron chi connectivity index (χ2n) is 6.88. The molecule has 28 heavy (non-hydrogen) atoms. The van der Waals surface area contributed by atoms with E-state index >= 15 is 0 Å². The molecule has 1 aromatic heterocycles. The molecule has 5 rings (SSSR count). The number of carbonyl (C=O) groups is 2. The van der Waals surface area contributed by atoms with E-state index in [9.17, 15) is 9.59 Å². The number of aromatic nitrogens is 2. The van der Waals surface area contributed by atoms with Crippen LogP contribution >= 0.6 is 11.6 Å². The lowest BCUT2D eigenvalue weighted by Gasteiger charge is -2.21. The first-order valence-corrected chi connectivity index (χ1v) is 9.26. The Kier molecular flexibility index (Phi) is 3.73. The molecule has 3 aromatic rings. The van der Waals surface area contributed by atoms with Crippen molar-refractivity contribution in [3.05, 3.63) is 70.6 Å². The minimum absolute atomic E-state index is 0.0912. The van der Waals surface area contributed by atoms with E-state index in [4.69, 9.17) is 16.1 Å². The van der Waals surface area contributed by atoms with Gasteiger partial charge in [-0.1, -0.05) is 53.2 Å². The largest absolute Gasteiger partial charge is 0.337 e. The third kappa shape index (κ3) is 2.43. The summed E-state index contributed by atoms with van der Waals surface area (Å²) in [5.74, 6) is 0.190. The van der Waals surface area contributed by atoms with Gasteiger partial charge >= 0.3 is 6.03 Å². The second-order valence-corrected chi connectivity index (χ2v) is 7.28. The van der Waals surface area contributed by atoms with Gasteiger partial charge in [0, 0.05) is 5.56 Å². The lowest BCUT2D eigenvalue weighted by atomic mass is 9.92. The number of halogens is 1. The second kappa shape index (κ2) is 6.17. The van der Waals surface area contributed by atoms with Crippen molar-refractivity contribution in [1.29, 1.82) is 0 Å². The minimum Gasteiger partial charge on any atom is -0.337 e. The first-order valence-electron chi connectivity index (χ1n) is 8.88. The molecule has 2 heterocycles.